The molecule has 1 unspecified atom stereocenters. The molecule has 0 bridgehead atoms. The number of rotatable bonds is 3. The van der Waals surface area contributed by atoms with Gasteiger partial charge in [-0.05, 0) is 66.0 Å². The van der Waals surface area contributed by atoms with Crippen LogP contribution in [0.1, 0.15) is 47.0 Å². The minimum atomic E-state index is 0.370. The molecule has 0 amide bonds. The van der Waals surface area contributed by atoms with Gasteiger partial charge in [-0.15, -0.1) is 0 Å². The summed E-state index contributed by atoms with van der Waals surface area (Å²) in [6.07, 6.45) is 4.15. The van der Waals surface area contributed by atoms with Gasteiger partial charge in [0.15, 0.2) is 0 Å². The summed E-state index contributed by atoms with van der Waals surface area (Å²) in [6.45, 7) is 17.0. The summed E-state index contributed by atoms with van der Waals surface area (Å²) in [5.74, 6) is 0.856. The third-order valence-electron chi connectivity index (χ3n) is 5.42. The van der Waals surface area contributed by atoms with E-state index in [2.05, 4.69) is 42.8 Å². The van der Waals surface area contributed by atoms with E-state index in [1.165, 1.54) is 45.4 Å². The minimum absolute atomic E-state index is 0.370. The van der Waals surface area contributed by atoms with Crippen LogP contribution in [0.5, 0.6) is 0 Å². The second-order valence-electron chi connectivity index (χ2n) is 7.15. The van der Waals surface area contributed by atoms with Gasteiger partial charge >= 0.3 is 0 Å². The van der Waals surface area contributed by atoms with E-state index >= 15 is 0 Å². The van der Waals surface area contributed by atoms with Crippen molar-refractivity contribution in [1.29, 1.82) is 0 Å². The predicted octanol–water partition coefficient (Wildman–Crippen LogP) is 2.18. The highest BCUT2D eigenvalue weighted by molar-refractivity contribution is 4.92. The number of nitrogens with one attached hydrogen (secondary N) is 1. The molecule has 2 aliphatic heterocycles. The molecule has 0 spiro atoms. The van der Waals surface area contributed by atoms with E-state index in [4.69, 9.17) is 0 Å². The summed E-state index contributed by atoms with van der Waals surface area (Å²) < 4.78 is 0. The van der Waals surface area contributed by atoms with Crippen LogP contribution in [-0.2, 0) is 0 Å². The number of nitrogens with zero attached hydrogens (tertiary/aromatic N) is 2. The Kier molecular flexibility index (Phi) is 5.27. The molecule has 2 aliphatic rings. The standard InChI is InChI=1S/C16H33N3/c1-14(2)18-10-5-6-15(7-11-18)16(3,4)19-12-8-17-9-13-19/h14-15,17H,5-13H2,1-4H3. The fraction of sp³-hybridized carbons (Fsp3) is 1.00. The Hall–Kier alpha value is -0.120. The highest BCUT2D eigenvalue weighted by Gasteiger charge is 2.36. The summed E-state index contributed by atoms with van der Waals surface area (Å²) in [4.78, 5) is 5.38. The van der Waals surface area contributed by atoms with Crippen molar-refractivity contribution in [3.63, 3.8) is 0 Å². The molecular formula is C16H33N3. The predicted molar refractivity (Wildman–Crippen MR) is 82.6 cm³/mol. The zero-order valence-electron chi connectivity index (χ0n) is 13.4. The Labute approximate surface area is 119 Å². The molecule has 0 radical (unpaired) electrons. The zero-order chi connectivity index (χ0) is 13.9. The molecule has 1 atom stereocenters. The molecule has 3 nitrogen and oxygen atoms in total. The average molecular weight is 267 g/mol. The van der Waals surface area contributed by atoms with Gasteiger partial charge in [0, 0.05) is 37.8 Å². The first kappa shape index (κ1) is 15.3. The highest BCUT2D eigenvalue weighted by atomic mass is 15.2. The lowest BCUT2D eigenvalue weighted by Crippen LogP contribution is -2.56. The number of hydrogen-bond donors (Lipinski definition) is 1. The van der Waals surface area contributed by atoms with Crippen molar-refractivity contribution in [3.8, 4) is 0 Å². The Morgan fingerprint density at radius 1 is 1.00 bits per heavy atom. The van der Waals surface area contributed by atoms with Gasteiger partial charge in [0.25, 0.3) is 0 Å². The van der Waals surface area contributed by atoms with Crippen LogP contribution in [0.25, 0.3) is 0 Å². The average Bonchev–Trinajstić information content (AvgIpc) is 2.66. The van der Waals surface area contributed by atoms with E-state index < -0.39 is 0 Å². The SMILES string of the molecule is CC(C)N1CCCC(C(C)(C)N2CCNCC2)CC1. The lowest BCUT2D eigenvalue weighted by Gasteiger charge is -2.46. The summed E-state index contributed by atoms with van der Waals surface area (Å²) >= 11 is 0. The van der Waals surface area contributed by atoms with Gasteiger partial charge < -0.3 is 10.2 Å². The van der Waals surface area contributed by atoms with Crippen molar-refractivity contribution in [3.05, 3.63) is 0 Å². The normalized spacial score (nSPS) is 28.6. The molecule has 2 fully saturated rings. The lowest BCUT2D eigenvalue weighted by molar-refractivity contribution is 0.0435. The maximum atomic E-state index is 3.47. The van der Waals surface area contributed by atoms with Gasteiger partial charge in [-0.1, -0.05) is 0 Å². The van der Waals surface area contributed by atoms with Crippen molar-refractivity contribution in [2.75, 3.05) is 39.3 Å². The van der Waals surface area contributed by atoms with Gasteiger partial charge in [0.1, 0.15) is 0 Å². The lowest BCUT2D eigenvalue weighted by atomic mass is 9.80. The molecule has 0 aromatic carbocycles. The quantitative estimate of drug-likeness (QED) is 0.845. The first-order chi connectivity index (χ1) is 9.01. The molecule has 2 rings (SSSR count). The van der Waals surface area contributed by atoms with E-state index in [-0.39, 0.29) is 0 Å². The summed E-state index contributed by atoms with van der Waals surface area (Å²) in [5, 5.41) is 3.47. The van der Waals surface area contributed by atoms with E-state index in [0.717, 1.165) is 19.0 Å². The Morgan fingerprint density at radius 3 is 2.32 bits per heavy atom. The van der Waals surface area contributed by atoms with Crippen molar-refractivity contribution >= 4 is 0 Å². The molecular weight excluding hydrogens is 234 g/mol. The number of piperazine rings is 1. The second-order valence-corrected chi connectivity index (χ2v) is 7.15. The van der Waals surface area contributed by atoms with E-state index in [9.17, 15) is 0 Å². The molecule has 19 heavy (non-hydrogen) atoms. The monoisotopic (exact) mass is 267 g/mol. The van der Waals surface area contributed by atoms with Crippen molar-refractivity contribution in [2.45, 2.75) is 58.5 Å². The van der Waals surface area contributed by atoms with Crippen molar-refractivity contribution < 1.29 is 0 Å². The molecule has 3 heteroatoms. The van der Waals surface area contributed by atoms with Crippen LogP contribution in [0.3, 0.4) is 0 Å². The fourth-order valence-electron chi connectivity index (χ4n) is 3.84. The Bertz CT molecular complexity index is 269. The maximum Gasteiger partial charge on any atom is 0.0182 e. The summed E-state index contributed by atoms with van der Waals surface area (Å²) in [5.41, 5.74) is 0.370. The first-order valence-electron chi connectivity index (χ1n) is 8.21. The van der Waals surface area contributed by atoms with Gasteiger partial charge in [-0.25, -0.2) is 0 Å². The van der Waals surface area contributed by atoms with Gasteiger partial charge in [0.2, 0.25) is 0 Å². The molecule has 0 aromatic heterocycles. The van der Waals surface area contributed by atoms with Crippen LogP contribution in [0.4, 0.5) is 0 Å². The molecule has 2 saturated heterocycles. The third kappa shape index (κ3) is 3.71. The molecule has 1 N–H and O–H groups in total. The highest BCUT2D eigenvalue weighted by Crippen LogP contribution is 2.33. The van der Waals surface area contributed by atoms with Crippen LogP contribution < -0.4 is 5.32 Å². The number of likely N-dealkylation sites (tertiary alicyclic amines) is 1. The fourth-order valence-corrected chi connectivity index (χ4v) is 3.84. The van der Waals surface area contributed by atoms with Crippen LogP contribution in [0, 0.1) is 5.92 Å². The van der Waals surface area contributed by atoms with Crippen molar-refractivity contribution in [2.24, 2.45) is 5.92 Å². The van der Waals surface area contributed by atoms with E-state index in [0.29, 0.717) is 11.6 Å². The molecule has 0 aromatic rings. The van der Waals surface area contributed by atoms with Crippen molar-refractivity contribution in [1.82, 2.24) is 15.1 Å². The molecule has 112 valence electrons. The minimum Gasteiger partial charge on any atom is -0.314 e. The van der Waals surface area contributed by atoms with Gasteiger partial charge in [0.05, 0.1) is 0 Å². The van der Waals surface area contributed by atoms with Gasteiger partial charge in [-0.3, -0.25) is 4.90 Å². The summed E-state index contributed by atoms with van der Waals surface area (Å²) in [6, 6.07) is 0.709. The number of hydrogen-bond acceptors (Lipinski definition) is 3. The van der Waals surface area contributed by atoms with Crippen LogP contribution in [-0.4, -0.2) is 60.6 Å². The third-order valence-corrected chi connectivity index (χ3v) is 5.42. The second kappa shape index (κ2) is 6.55. The molecule has 0 aliphatic carbocycles. The van der Waals surface area contributed by atoms with E-state index in [1.54, 1.807) is 0 Å². The first-order valence-corrected chi connectivity index (χ1v) is 8.21. The maximum absolute atomic E-state index is 3.47. The Balaban J connectivity index is 1.95. The smallest absolute Gasteiger partial charge is 0.0182 e. The van der Waals surface area contributed by atoms with Crippen LogP contribution >= 0.6 is 0 Å². The van der Waals surface area contributed by atoms with Crippen LogP contribution in [0.15, 0.2) is 0 Å². The molecule has 2 heterocycles. The zero-order valence-corrected chi connectivity index (χ0v) is 13.4. The van der Waals surface area contributed by atoms with Crippen LogP contribution in [0.2, 0.25) is 0 Å². The Morgan fingerprint density at radius 2 is 1.68 bits per heavy atom. The van der Waals surface area contributed by atoms with Gasteiger partial charge in [-0.2, -0.15) is 0 Å². The largest absolute Gasteiger partial charge is 0.314 e. The molecule has 0 saturated carbocycles. The summed E-state index contributed by atoms with van der Waals surface area (Å²) in [7, 11) is 0. The van der Waals surface area contributed by atoms with E-state index in [1.807, 2.05) is 0 Å². The topological polar surface area (TPSA) is 18.5 Å².